The zero-order chi connectivity index (χ0) is 16.1. The molecule has 0 saturated carbocycles. The van der Waals surface area contributed by atoms with Crippen molar-refractivity contribution in [3.63, 3.8) is 0 Å². The summed E-state index contributed by atoms with van der Waals surface area (Å²) in [7, 11) is 0. The highest BCUT2D eigenvalue weighted by molar-refractivity contribution is 7.09. The van der Waals surface area contributed by atoms with Crippen molar-refractivity contribution in [1.82, 2.24) is 4.98 Å². The maximum Gasteiger partial charge on any atom is 0.450 e. The number of phenols is 1. The Balaban J connectivity index is 2.45. The molecule has 1 aromatic carbocycles. The molecule has 0 amide bonds. The zero-order valence-corrected chi connectivity index (χ0v) is 11.9. The van der Waals surface area contributed by atoms with E-state index in [-0.39, 0.29) is 22.4 Å². The van der Waals surface area contributed by atoms with E-state index in [9.17, 15) is 23.1 Å². The third-order valence-electron chi connectivity index (χ3n) is 3.01. The van der Waals surface area contributed by atoms with E-state index < -0.39 is 22.9 Å². The molecule has 2 heterocycles. The largest absolute Gasteiger partial charge is 0.508 e. The lowest BCUT2D eigenvalue weighted by Crippen LogP contribution is -2.16. The highest BCUT2D eigenvalue weighted by Crippen LogP contribution is 2.37. The minimum absolute atomic E-state index is 0.0496. The molecule has 0 spiro atoms. The quantitative estimate of drug-likeness (QED) is 0.735. The first-order chi connectivity index (χ1) is 10.3. The lowest BCUT2D eigenvalue weighted by molar-refractivity contribution is -0.152. The fourth-order valence-corrected chi connectivity index (χ4v) is 2.70. The Bertz CT molecular complexity index is 927. The van der Waals surface area contributed by atoms with Crippen LogP contribution in [0.3, 0.4) is 0 Å². The van der Waals surface area contributed by atoms with Crippen LogP contribution < -0.4 is 5.43 Å². The summed E-state index contributed by atoms with van der Waals surface area (Å²) in [4.78, 5) is 16.4. The number of phenolic OH excluding ortho intramolecular Hbond substituents is 1. The fourth-order valence-electron chi connectivity index (χ4n) is 2.09. The number of fused-ring (bicyclic) bond motifs is 1. The van der Waals surface area contributed by atoms with E-state index in [1.807, 2.05) is 0 Å². The number of halogens is 3. The SMILES string of the molecule is Cc1nc(-c2c(C(F)(F)F)oc3cc(O)ccc3c2=O)cs1. The number of aryl methyl sites for hydroxylation is 1. The van der Waals surface area contributed by atoms with Crippen LogP contribution in [-0.2, 0) is 6.18 Å². The van der Waals surface area contributed by atoms with Crippen LogP contribution in [0.15, 0.2) is 32.8 Å². The second-order valence-electron chi connectivity index (χ2n) is 4.57. The Labute approximate surface area is 125 Å². The molecule has 0 atom stereocenters. The van der Waals surface area contributed by atoms with Crippen LogP contribution in [-0.4, -0.2) is 10.1 Å². The molecular weight excluding hydrogens is 319 g/mol. The molecule has 0 unspecified atom stereocenters. The van der Waals surface area contributed by atoms with E-state index in [4.69, 9.17) is 4.42 Å². The lowest BCUT2D eigenvalue weighted by Gasteiger charge is -2.11. The third kappa shape index (κ3) is 2.35. The predicted molar refractivity (Wildman–Crippen MR) is 75.0 cm³/mol. The van der Waals surface area contributed by atoms with Crippen LogP contribution >= 0.6 is 11.3 Å². The number of rotatable bonds is 1. The molecule has 1 N–H and O–H groups in total. The molecule has 22 heavy (non-hydrogen) atoms. The molecule has 0 aliphatic heterocycles. The van der Waals surface area contributed by atoms with Gasteiger partial charge in [0, 0.05) is 11.4 Å². The summed E-state index contributed by atoms with van der Waals surface area (Å²) >= 11 is 1.14. The standard InChI is InChI=1S/C14H8F3NO3S/c1-6-18-9(5-22-6)11-12(20)8-3-2-7(19)4-10(8)21-13(11)14(15,16)17/h2-5,19H,1H3. The monoisotopic (exact) mass is 327 g/mol. The molecule has 0 aliphatic rings. The van der Waals surface area contributed by atoms with Gasteiger partial charge in [-0.2, -0.15) is 13.2 Å². The van der Waals surface area contributed by atoms with Gasteiger partial charge in [0.05, 0.1) is 21.7 Å². The first-order valence-corrected chi connectivity index (χ1v) is 6.95. The molecule has 3 rings (SSSR count). The van der Waals surface area contributed by atoms with E-state index in [1.54, 1.807) is 6.92 Å². The molecular formula is C14H8F3NO3S. The predicted octanol–water partition coefficient (Wildman–Crippen LogP) is 3.95. The molecule has 0 saturated heterocycles. The summed E-state index contributed by atoms with van der Waals surface area (Å²) in [6.45, 7) is 1.63. The van der Waals surface area contributed by atoms with E-state index in [2.05, 4.69) is 4.98 Å². The van der Waals surface area contributed by atoms with Crippen LogP contribution in [0, 0.1) is 6.92 Å². The van der Waals surface area contributed by atoms with Crippen LogP contribution in [0.1, 0.15) is 10.8 Å². The van der Waals surface area contributed by atoms with Crippen molar-refractivity contribution in [3.8, 4) is 17.0 Å². The maximum absolute atomic E-state index is 13.2. The summed E-state index contributed by atoms with van der Waals surface area (Å²) < 4.78 is 44.6. The number of benzene rings is 1. The Morgan fingerprint density at radius 2 is 2.05 bits per heavy atom. The molecule has 0 aliphatic carbocycles. The van der Waals surface area contributed by atoms with Gasteiger partial charge in [-0.25, -0.2) is 4.98 Å². The van der Waals surface area contributed by atoms with Gasteiger partial charge in [-0.3, -0.25) is 4.79 Å². The van der Waals surface area contributed by atoms with Crippen LogP contribution in [0.25, 0.3) is 22.2 Å². The average Bonchev–Trinajstić information content (AvgIpc) is 2.83. The van der Waals surface area contributed by atoms with Crippen LogP contribution in [0.2, 0.25) is 0 Å². The van der Waals surface area contributed by atoms with Crippen molar-refractivity contribution in [3.05, 3.63) is 44.6 Å². The normalized spacial score (nSPS) is 12.0. The Morgan fingerprint density at radius 3 is 2.64 bits per heavy atom. The highest BCUT2D eigenvalue weighted by Gasteiger charge is 2.40. The Hall–Kier alpha value is -2.35. The topological polar surface area (TPSA) is 63.3 Å². The van der Waals surface area contributed by atoms with Crippen molar-refractivity contribution in [2.75, 3.05) is 0 Å². The van der Waals surface area contributed by atoms with Crippen molar-refractivity contribution in [2.45, 2.75) is 13.1 Å². The van der Waals surface area contributed by atoms with Gasteiger partial charge in [0.1, 0.15) is 11.3 Å². The summed E-state index contributed by atoms with van der Waals surface area (Å²) in [5.41, 5.74) is -1.85. The summed E-state index contributed by atoms with van der Waals surface area (Å²) in [6, 6.07) is 3.41. The first-order valence-electron chi connectivity index (χ1n) is 6.07. The third-order valence-corrected chi connectivity index (χ3v) is 3.78. The molecule has 0 radical (unpaired) electrons. The fraction of sp³-hybridized carbons (Fsp3) is 0.143. The number of alkyl halides is 3. The lowest BCUT2D eigenvalue weighted by atomic mass is 10.1. The van der Waals surface area contributed by atoms with Crippen molar-refractivity contribution >= 4 is 22.3 Å². The zero-order valence-electron chi connectivity index (χ0n) is 11.1. The van der Waals surface area contributed by atoms with Crippen LogP contribution in [0.5, 0.6) is 5.75 Å². The van der Waals surface area contributed by atoms with Crippen molar-refractivity contribution < 1.29 is 22.7 Å². The number of thiazole rings is 1. The van der Waals surface area contributed by atoms with Gasteiger partial charge < -0.3 is 9.52 Å². The van der Waals surface area contributed by atoms with Crippen LogP contribution in [0.4, 0.5) is 13.2 Å². The van der Waals surface area contributed by atoms with Gasteiger partial charge in [0.15, 0.2) is 0 Å². The molecule has 3 aromatic rings. The minimum Gasteiger partial charge on any atom is -0.508 e. The van der Waals surface area contributed by atoms with E-state index >= 15 is 0 Å². The first kappa shape index (κ1) is 14.6. The maximum atomic E-state index is 13.2. The Morgan fingerprint density at radius 1 is 1.32 bits per heavy atom. The van der Waals surface area contributed by atoms with Crippen molar-refractivity contribution in [1.29, 1.82) is 0 Å². The number of hydrogen-bond acceptors (Lipinski definition) is 5. The highest BCUT2D eigenvalue weighted by atomic mass is 32.1. The Kier molecular flexibility index (Phi) is 3.21. The minimum atomic E-state index is -4.86. The average molecular weight is 327 g/mol. The second-order valence-corrected chi connectivity index (χ2v) is 5.63. The molecule has 4 nitrogen and oxygen atoms in total. The molecule has 8 heteroatoms. The number of hydrogen-bond donors (Lipinski definition) is 1. The van der Waals surface area contributed by atoms with Gasteiger partial charge in [0.2, 0.25) is 11.2 Å². The summed E-state index contributed by atoms with van der Waals surface area (Å²) in [6.07, 6.45) is -4.86. The molecule has 114 valence electrons. The van der Waals surface area contributed by atoms with E-state index in [0.29, 0.717) is 5.01 Å². The second kappa shape index (κ2) is 4.84. The summed E-state index contributed by atoms with van der Waals surface area (Å²) in [5, 5.41) is 11.2. The smallest absolute Gasteiger partial charge is 0.450 e. The van der Waals surface area contributed by atoms with Gasteiger partial charge in [-0.1, -0.05) is 0 Å². The van der Waals surface area contributed by atoms with Gasteiger partial charge in [0.25, 0.3) is 0 Å². The summed E-state index contributed by atoms with van der Waals surface area (Å²) in [5.74, 6) is -1.71. The number of aromatic nitrogens is 1. The van der Waals surface area contributed by atoms with E-state index in [1.165, 1.54) is 17.5 Å². The number of aromatic hydroxyl groups is 1. The van der Waals surface area contributed by atoms with Crippen molar-refractivity contribution in [2.24, 2.45) is 0 Å². The van der Waals surface area contributed by atoms with E-state index in [0.717, 1.165) is 17.4 Å². The van der Waals surface area contributed by atoms with Gasteiger partial charge in [-0.05, 0) is 19.1 Å². The molecule has 0 fully saturated rings. The molecule has 2 aromatic heterocycles. The molecule has 0 bridgehead atoms. The number of nitrogens with zero attached hydrogens (tertiary/aromatic N) is 1. The van der Waals surface area contributed by atoms with Gasteiger partial charge >= 0.3 is 6.18 Å². The van der Waals surface area contributed by atoms with Gasteiger partial charge in [-0.15, -0.1) is 11.3 Å².